The fraction of sp³-hybridized carbons (Fsp3) is 0.111. The van der Waals surface area contributed by atoms with Crippen molar-refractivity contribution in [2.24, 2.45) is 12.8 Å². The van der Waals surface area contributed by atoms with Gasteiger partial charge in [0.1, 0.15) is 23.2 Å². The van der Waals surface area contributed by atoms with Gasteiger partial charge in [0, 0.05) is 30.4 Å². The summed E-state index contributed by atoms with van der Waals surface area (Å²) in [6.45, 7) is 0. The summed E-state index contributed by atoms with van der Waals surface area (Å²) in [6.07, 6.45) is 3.58. The van der Waals surface area contributed by atoms with Crippen molar-refractivity contribution >= 4 is 10.8 Å². The van der Waals surface area contributed by atoms with E-state index in [-0.39, 0.29) is 11.8 Å². The number of imidazole rings is 1. The van der Waals surface area contributed by atoms with Crippen LogP contribution in [0.4, 0.5) is 0 Å². The second-order valence-electron chi connectivity index (χ2n) is 5.53. The topological polar surface area (TPSA) is 76.9 Å². The van der Waals surface area contributed by atoms with Gasteiger partial charge in [0.25, 0.3) is 0 Å². The first-order valence-corrected chi connectivity index (χ1v) is 7.27. The van der Waals surface area contributed by atoms with E-state index in [1.807, 2.05) is 54.2 Å². The van der Waals surface area contributed by atoms with Crippen LogP contribution >= 0.6 is 0 Å². The number of nitrogens with two attached hydrogens (primary N) is 1. The molecular formula is C18H14N4O. The molecule has 0 saturated heterocycles. The molecule has 0 saturated carbocycles. The van der Waals surface area contributed by atoms with Crippen LogP contribution in [0, 0.1) is 11.3 Å². The summed E-state index contributed by atoms with van der Waals surface area (Å²) < 4.78 is 7.72. The van der Waals surface area contributed by atoms with E-state index >= 15 is 0 Å². The van der Waals surface area contributed by atoms with Gasteiger partial charge in [-0.1, -0.05) is 36.4 Å². The lowest BCUT2D eigenvalue weighted by atomic mass is 9.87. The molecular weight excluding hydrogens is 288 g/mol. The zero-order chi connectivity index (χ0) is 16.0. The third-order valence-corrected chi connectivity index (χ3v) is 4.22. The number of aromatic nitrogens is 2. The van der Waals surface area contributed by atoms with Crippen LogP contribution in [0.15, 0.2) is 60.2 Å². The number of benzene rings is 2. The summed E-state index contributed by atoms with van der Waals surface area (Å²) in [5, 5.41) is 11.6. The molecule has 0 aliphatic carbocycles. The van der Waals surface area contributed by atoms with E-state index < -0.39 is 0 Å². The van der Waals surface area contributed by atoms with Gasteiger partial charge < -0.3 is 15.0 Å². The molecule has 0 radical (unpaired) electrons. The van der Waals surface area contributed by atoms with Crippen molar-refractivity contribution in [3.63, 3.8) is 0 Å². The molecule has 2 aromatic carbocycles. The molecule has 0 spiro atoms. The standard InChI is InChI=1S/C18H14N4O/c1-22-9-8-21-18(22)15-13-7-6-11-4-2-3-5-12(11)16(13)23-17(20)14(15)10-19/h2-9,15H,20H2,1H3. The summed E-state index contributed by atoms with van der Waals surface area (Å²) in [7, 11) is 1.91. The Hall–Kier alpha value is -3.26. The fourth-order valence-electron chi connectivity index (χ4n) is 3.11. The highest BCUT2D eigenvalue weighted by Crippen LogP contribution is 2.44. The summed E-state index contributed by atoms with van der Waals surface area (Å²) >= 11 is 0. The van der Waals surface area contributed by atoms with Crippen LogP contribution in [0.5, 0.6) is 5.75 Å². The third kappa shape index (κ3) is 1.89. The zero-order valence-electron chi connectivity index (χ0n) is 12.5. The minimum atomic E-state index is -0.326. The molecule has 1 aliphatic heterocycles. The van der Waals surface area contributed by atoms with Crippen LogP contribution in [0.1, 0.15) is 17.3 Å². The lowest BCUT2D eigenvalue weighted by Crippen LogP contribution is -2.23. The average Bonchev–Trinajstić information content (AvgIpc) is 2.99. The Morgan fingerprint density at radius 1 is 1.26 bits per heavy atom. The average molecular weight is 302 g/mol. The molecule has 1 aliphatic rings. The van der Waals surface area contributed by atoms with Gasteiger partial charge >= 0.3 is 0 Å². The van der Waals surface area contributed by atoms with Gasteiger partial charge in [0.05, 0.1) is 5.92 Å². The van der Waals surface area contributed by atoms with E-state index in [9.17, 15) is 5.26 Å². The predicted molar refractivity (Wildman–Crippen MR) is 86.5 cm³/mol. The van der Waals surface area contributed by atoms with E-state index in [4.69, 9.17) is 10.5 Å². The van der Waals surface area contributed by atoms with Crippen molar-refractivity contribution in [1.29, 1.82) is 5.26 Å². The number of aryl methyl sites for hydroxylation is 1. The number of rotatable bonds is 1. The van der Waals surface area contributed by atoms with Crippen molar-refractivity contribution in [2.45, 2.75) is 5.92 Å². The first kappa shape index (κ1) is 13.4. The molecule has 1 aromatic heterocycles. The maximum atomic E-state index is 9.56. The Morgan fingerprint density at radius 3 is 2.83 bits per heavy atom. The smallest absolute Gasteiger partial charge is 0.205 e. The van der Waals surface area contributed by atoms with E-state index in [1.54, 1.807) is 6.20 Å². The van der Waals surface area contributed by atoms with E-state index in [2.05, 4.69) is 11.1 Å². The predicted octanol–water partition coefficient (Wildman–Crippen LogP) is 2.79. The molecule has 23 heavy (non-hydrogen) atoms. The van der Waals surface area contributed by atoms with E-state index in [0.29, 0.717) is 11.3 Å². The molecule has 0 amide bonds. The second-order valence-corrected chi connectivity index (χ2v) is 5.53. The minimum Gasteiger partial charge on any atom is -0.440 e. The van der Waals surface area contributed by atoms with Crippen LogP contribution in [-0.2, 0) is 7.05 Å². The van der Waals surface area contributed by atoms with Gasteiger partial charge in [0.2, 0.25) is 5.88 Å². The molecule has 5 heteroatoms. The SMILES string of the molecule is Cn1ccnc1C1C(C#N)=C(N)Oc2c1ccc1ccccc21. The normalized spacial score (nSPS) is 16.8. The van der Waals surface area contributed by atoms with Crippen molar-refractivity contribution in [3.8, 4) is 11.8 Å². The zero-order valence-corrected chi connectivity index (χ0v) is 12.5. The first-order chi connectivity index (χ1) is 11.2. The Balaban J connectivity index is 2.05. The van der Waals surface area contributed by atoms with Gasteiger partial charge in [-0.25, -0.2) is 4.98 Å². The number of fused-ring (bicyclic) bond motifs is 3. The van der Waals surface area contributed by atoms with E-state index in [0.717, 1.165) is 22.2 Å². The molecule has 1 atom stereocenters. The van der Waals surface area contributed by atoms with Gasteiger partial charge in [-0.05, 0) is 5.39 Å². The number of hydrogen-bond acceptors (Lipinski definition) is 4. The highest BCUT2D eigenvalue weighted by atomic mass is 16.5. The van der Waals surface area contributed by atoms with Crippen molar-refractivity contribution < 1.29 is 4.74 Å². The van der Waals surface area contributed by atoms with Gasteiger partial charge in [0.15, 0.2) is 0 Å². The maximum Gasteiger partial charge on any atom is 0.205 e. The molecule has 5 nitrogen and oxygen atoms in total. The van der Waals surface area contributed by atoms with Crippen LogP contribution in [0.2, 0.25) is 0 Å². The number of hydrogen-bond donors (Lipinski definition) is 1. The summed E-state index contributed by atoms with van der Waals surface area (Å²) in [4.78, 5) is 4.42. The molecule has 0 fully saturated rings. The highest BCUT2D eigenvalue weighted by Gasteiger charge is 2.33. The van der Waals surface area contributed by atoms with Crippen LogP contribution in [0.3, 0.4) is 0 Å². The van der Waals surface area contributed by atoms with Gasteiger partial charge in [-0.15, -0.1) is 0 Å². The monoisotopic (exact) mass is 302 g/mol. The summed E-state index contributed by atoms with van der Waals surface area (Å²) in [6, 6.07) is 14.2. The lowest BCUT2D eigenvalue weighted by molar-refractivity contribution is 0.396. The maximum absolute atomic E-state index is 9.56. The number of nitrogens with zero attached hydrogens (tertiary/aromatic N) is 3. The van der Waals surface area contributed by atoms with Crippen molar-refractivity contribution in [2.75, 3.05) is 0 Å². The van der Waals surface area contributed by atoms with E-state index in [1.165, 1.54) is 0 Å². The van der Waals surface area contributed by atoms with Crippen LogP contribution < -0.4 is 10.5 Å². The Kier molecular flexibility index (Phi) is 2.85. The third-order valence-electron chi connectivity index (χ3n) is 4.22. The number of nitriles is 1. The number of allylic oxidation sites excluding steroid dienone is 1. The van der Waals surface area contributed by atoms with Gasteiger partial charge in [-0.2, -0.15) is 5.26 Å². The molecule has 1 unspecified atom stereocenters. The quantitative estimate of drug-likeness (QED) is 0.750. The highest BCUT2D eigenvalue weighted by molar-refractivity contribution is 5.90. The van der Waals surface area contributed by atoms with Crippen molar-refractivity contribution in [3.05, 3.63) is 71.6 Å². The van der Waals surface area contributed by atoms with Crippen LogP contribution in [0.25, 0.3) is 10.8 Å². The summed E-state index contributed by atoms with van der Waals surface area (Å²) in [5.41, 5.74) is 7.34. The fourth-order valence-corrected chi connectivity index (χ4v) is 3.11. The Labute approximate surface area is 133 Å². The molecule has 3 aromatic rings. The Morgan fingerprint density at radius 2 is 2.09 bits per heavy atom. The molecule has 4 rings (SSSR count). The van der Waals surface area contributed by atoms with Crippen LogP contribution in [-0.4, -0.2) is 9.55 Å². The molecule has 2 N–H and O–H groups in total. The lowest BCUT2D eigenvalue weighted by Gasteiger charge is -2.26. The molecule has 2 heterocycles. The minimum absolute atomic E-state index is 0.143. The second kappa shape index (κ2) is 4.89. The van der Waals surface area contributed by atoms with Crippen molar-refractivity contribution in [1.82, 2.24) is 9.55 Å². The largest absolute Gasteiger partial charge is 0.440 e. The Bertz CT molecular complexity index is 994. The molecule has 112 valence electrons. The molecule has 0 bridgehead atoms. The summed E-state index contributed by atoms with van der Waals surface area (Å²) in [5.74, 6) is 1.29. The number of ether oxygens (including phenoxy) is 1. The van der Waals surface area contributed by atoms with Gasteiger partial charge in [-0.3, -0.25) is 0 Å². The first-order valence-electron chi connectivity index (χ1n) is 7.27.